The van der Waals surface area contributed by atoms with Crippen LogP contribution in [0, 0.1) is 12.8 Å². The highest BCUT2D eigenvalue weighted by Crippen LogP contribution is 2.38. The molecule has 0 saturated heterocycles. The summed E-state index contributed by atoms with van der Waals surface area (Å²) in [5.74, 6) is 1.70. The molecule has 1 aliphatic carbocycles. The lowest BCUT2D eigenvalue weighted by molar-refractivity contribution is -0.119. The van der Waals surface area contributed by atoms with Crippen LogP contribution < -0.4 is 15.8 Å². The van der Waals surface area contributed by atoms with E-state index in [-0.39, 0.29) is 11.9 Å². The van der Waals surface area contributed by atoms with Crippen LogP contribution in [0.4, 0.5) is 5.69 Å². The summed E-state index contributed by atoms with van der Waals surface area (Å²) >= 11 is 0. The summed E-state index contributed by atoms with van der Waals surface area (Å²) in [6.07, 6.45) is 4.97. The number of carbonyl (C=O) groups excluding carboxylic acids is 1. The number of anilines is 1. The van der Waals surface area contributed by atoms with Gasteiger partial charge in [0.1, 0.15) is 23.1 Å². The van der Waals surface area contributed by atoms with E-state index in [1.165, 1.54) is 0 Å². The van der Waals surface area contributed by atoms with Crippen molar-refractivity contribution in [3.05, 3.63) is 24.0 Å². The molecule has 3 heterocycles. The molecule has 8 nitrogen and oxygen atoms in total. The van der Waals surface area contributed by atoms with Crippen LogP contribution in [0.15, 0.2) is 18.3 Å². The highest BCUT2D eigenvalue weighted by Gasteiger charge is 2.35. The van der Waals surface area contributed by atoms with E-state index >= 15 is 0 Å². The van der Waals surface area contributed by atoms with Gasteiger partial charge < -0.3 is 20.4 Å². The highest BCUT2D eigenvalue weighted by atomic mass is 16.5. The summed E-state index contributed by atoms with van der Waals surface area (Å²) in [6, 6.07) is 3.60. The Labute approximate surface area is 162 Å². The molecule has 28 heavy (non-hydrogen) atoms. The summed E-state index contributed by atoms with van der Waals surface area (Å²) in [7, 11) is 1.92. The first-order valence-electron chi connectivity index (χ1n) is 9.75. The lowest BCUT2D eigenvalue weighted by Crippen LogP contribution is -2.37. The highest BCUT2D eigenvalue weighted by molar-refractivity contribution is 5.91. The molecule has 1 amide bonds. The Morgan fingerprint density at radius 3 is 2.89 bits per heavy atom. The molecule has 1 saturated carbocycles. The molecule has 1 fully saturated rings. The number of rotatable bonds is 5. The maximum atomic E-state index is 11.9. The van der Waals surface area contributed by atoms with Crippen molar-refractivity contribution in [2.24, 2.45) is 18.7 Å². The second-order valence-corrected chi connectivity index (χ2v) is 7.79. The van der Waals surface area contributed by atoms with Gasteiger partial charge in [0.2, 0.25) is 5.91 Å². The zero-order chi connectivity index (χ0) is 19.4. The number of aromatic nitrogens is 4. The van der Waals surface area contributed by atoms with Crippen molar-refractivity contribution >= 4 is 22.6 Å². The number of nitrogens with zero attached hydrogens (tertiary/aromatic N) is 4. The van der Waals surface area contributed by atoms with Crippen LogP contribution in [0.25, 0.3) is 22.4 Å². The number of nitrogens with two attached hydrogens (primary N) is 1. The van der Waals surface area contributed by atoms with E-state index in [0.717, 1.165) is 65.4 Å². The maximum Gasteiger partial charge on any atom is 0.240 e. The van der Waals surface area contributed by atoms with E-state index in [9.17, 15) is 4.79 Å². The van der Waals surface area contributed by atoms with Crippen LogP contribution in [-0.4, -0.2) is 37.9 Å². The molecule has 3 aromatic rings. The van der Waals surface area contributed by atoms with Crippen molar-refractivity contribution < 1.29 is 9.53 Å². The van der Waals surface area contributed by atoms with Crippen LogP contribution >= 0.6 is 0 Å². The quantitative estimate of drug-likeness (QED) is 0.707. The number of nitrogens with one attached hydrogen (secondary N) is 1. The van der Waals surface area contributed by atoms with E-state index in [1.54, 1.807) is 0 Å². The summed E-state index contributed by atoms with van der Waals surface area (Å²) < 4.78 is 10.1. The number of amides is 1. The van der Waals surface area contributed by atoms with E-state index in [2.05, 4.69) is 15.0 Å². The van der Waals surface area contributed by atoms with Crippen LogP contribution in [-0.2, 0) is 18.4 Å². The first-order valence-corrected chi connectivity index (χ1v) is 9.75. The number of hydrogen-bond donors (Lipinski definition) is 2. The Balaban J connectivity index is 1.63. The van der Waals surface area contributed by atoms with Gasteiger partial charge in [0.15, 0.2) is 0 Å². The molecule has 3 N–H and O–H groups in total. The average molecular weight is 380 g/mol. The molecule has 0 bridgehead atoms. The van der Waals surface area contributed by atoms with Crippen molar-refractivity contribution in [2.75, 3.05) is 11.9 Å². The zero-order valence-corrected chi connectivity index (χ0v) is 16.1. The van der Waals surface area contributed by atoms with Crippen LogP contribution in [0.3, 0.4) is 0 Å². The molecular weight excluding hydrogens is 356 g/mol. The maximum absolute atomic E-state index is 11.9. The molecule has 0 unspecified atom stereocenters. The van der Waals surface area contributed by atoms with Gasteiger partial charge in [0.05, 0.1) is 23.4 Å². The van der Waals surface area contributed by atoms with Crippen molar-refractivity contribution in [3.63, 3.8) is 0 Å². The molecule has 8 heteroatoms. The molecule has 2 aliphatic rings. The fourth-order valence-electron chi connectivity index (χ4n) is 4.10. The van der Waals surface area contributed by atoms with Crippen molar-refractivity contribution in [1.82, 2.24) is 19.3 Å². The average Bonchev–Trinajstić information content (AvgIpc) is 3.37. The lowest BCUT2D eigenvalue weighted by atomic mass is 10.1. The topological polar surface area (TPSA) is 100.0 Å². The van der Waals surface area contributed by atoms with Gasteiger partial charge in [0.25, 0.3) is 0 Å². The van der Waals surface area contributed by atoms with Gasteiger partial charge in [-0.1, -0.05) is 0 Å². The second-order valence-electron chi connectivity index (χ2n) is 7.79. The first-order chi connectivity index (χ1) is 13.5. The monoisotopic (exact) mass is 380 g/mol. The van der Waals surface area contributed by atoms with Crippen LogP contribution in [0.1, 0.15) is 25.0 Å². The predicted octanol–water partition coefficient (Wildman–Crippen LogP) is 2.20. The van der Waals surface area contributed by atoms with Crippen molar-refractivity contribution in [2.45, 2.75) is 38.8 Å². The fraction of sp³-hybridized carbons (Fsp3) is 0.450. The Morgan fingerprint density at radius 2 is 2.21 bits per heavy atom. The molecule has 1 atom stereocenters. The smallest absolute Gasteiger partial charge is 0.240 e. The number of ether oxygens (including phenoxy) is 1. The van der Waals surface area contributed by atoms with E-state index < -0.39 is 0 Å². The van der Waals surface area contributed by atoms with Crippen LogP contribution in [0.2, 0.25) is 0 Å². The normalized spacial score (nSPS) is 17.2. The van der Waals surface area contributed by atoms with Crippen molar-refractivity contribution in [3.8, 4) is 17.1 Å². The number of imidazole rings is 1. The minimum Gasteiger partial charge on any atom is -0.491 e. The standard InChI is InChI=1S/C20H24N6O2/c1-11-14(10-25(2)24-11)20-23-15-8-13(22-17(19(21)27)12-4-5-12)9-16-18(15)26(20)6-3-7-28-16/h8-10,12,17,22H,3-7H2,1-2H3,(H2,21,27)/t17-/m0/s1. The van der Waals surface area contributed by atoms with E-state index in [0.29, 0.717) is 12.5 Å². The molecule has 0 spiro atoms. The molecular formula is C20H24N6O2. The number of primary amides is 1. The summed E-state index contributed by atoms with van der Waals surface area (Å²) in [4.78, 5) is 16.8. The van der Waals surface area contributed by atoms with Gasteiger partial charge in [-0.15, -0.1) is 0 Å². The first kappa shape index (κ1) is 17.1. The van der Waals surface area contributed by atoms with Gasteiger partial charge in [0, 0.05) is 31.5 Å². The predicted molar refractivity (Wildman–Crippen MR) is 106 cm³/mol. The minimum absolute atomic E-state index is 0.313. The van der Waals surface area contributed by atoms with E-state index in [4.69, 9.17) is 15.5 Å². The Kier molecular flexibility index (Phi) is 3.82. The van der Waals surface area contributed by atoms with Gasteiger partial charge in [-0.25, -0.2) is 4.98 Å². The van der Waals surface area contributed by atoms with Gasteiger partial charge in [-0.3, -0.25) is 9.48 Å². The van der Waals surface area contributed by atoms with E-state index in [1.807, 2.05) is 37.0 Å². The molecule has 2 aromatic heterocycles. The number of carbonyl (C=O) groups is 1. The third kappa shape index (κ3) is 2.80. The summed E-state index contributed by atoms with van der Waals surface area (Å²) in [5, 5.41) is 7.78. The molecule has 1 aromatic carbocycles. The largest absolute Gasteiger partial charge is 0.491 e. The third-order valence-corrected chi connectivity index (χ3v) is 5.57. The minimum atomic E-state index is -0.349. The summed E-state index contributed by atoms with van der Waals surface area (Å²) in [6.45, 7) is 3.48. The fourth-order valence-corrected chi connectivity index (χ4v) is 4.10. The van der Waals surface area contributed by atoms with Crippen molar-refractivity contribution in [1.29, 1.82) is 0 Å². The number of benzene rings is 1. The van der Waals surface area contributed by atoms with Gasteiger partial charge in [-0.05, 0) is 38.2 Å². The Hall–Kier alpha value is -3.03. The Morgan fingerprint density at radius 1 is 1.39 bits per heavy atom. The lowest BCUT2D eigenvalue weighted by Gasteiger charge is -2.17. The molecule has 1 aliphatic heterocycles. The third-order valence-electron chi connectivity index (χ3n) is 5.57. The van der Waals surface area contributed by atoms with Crippen LogP contribution in [0.5, 0.6) is 5.75 Å². The second kappa shape index (κ2) is 6.25. The molecule has 0 radical (unpaired) electrons. The number of aryl methyl sites for hydroxylation is 3. The van der Waals surface area contributed by atoms with Gasteiger partial charge >= 0.3 is 0 Å². The SMILES string of the molecule is Cc1nn(C)cc1-c1nc2cc(N[C@H](C(N)=O)C3CC3)cc3c2n1CCCO3. The zero-order valence-electron chi connectivity index (χ0n) is 16.1. The number of hydrogen-bond acceptors (Lipinski definition) is 5. The van der Waals surface area contributed by atoms with Gasteiger partial charge in [-0.2, -0.15) is 5.10 Å². The Bertz CT molecular complexity index is 1080. The summed E-state index contributed by atoms with van der Waals surface area (Å²) in [5.41, 5.74) is 10.2. The molecule has 146 valence electrons. The molecule has 5 rings (SSSR count).